The first kappa shape index (κ1) is 21.2. The van der Waals surface area contributed by atoms with Crippen LogP contribution in [-0.4, -0.2) is 56.4 Å². The third-order valence-corrected chi connectivity index (χ3v) is 3.61. The van der Waals surface area contributed by atoms with Crippen molar-refractivity contribution < 1.29 is 23.9 Å². The summed E-state index contributed by atoms with van der Waals surface area (Å²) in [5.41, 5.74) is -0.594. The van der Waals surface area contributed by atoms with Gasteiger partial charge in [0.1, 0.15) is 5.60 Å². The molecule has 1 rings (SSSR count). The molecule has 1 aliphatic rings. The fourth-order valence-electron chi connectivity index (χ4n) is 2.36. The summed E-state index contributed by atoms with van der Waals surface area (Å²) in [4.78, 5) is 34.8. The minimum atomic E-state index is -0.622. The molecule has 8 heteroatoms. The molecule has 0 aromatic heterocycles. The molecule has 0 aliphatic carbocycles. The Morgan fingerprint density at radius 3 is 2.20 bits per heavy atom. The lowest BCUT2D eigenvalue weighted by molar-refractivity contribution is -0.122. The molecule has 144 valence electrons. The van der Waals surface area contributed by atoms with Crippen molar-refractivity contribution in [2.24, 2.45) is 5.92 Å². The zero-order chi connectivity index (χ0) is 18.7. The van der Waals surface area contributed by atoms with Crippen molar-refractivity contribution in [1.29, 1.82) is 0 Å². The molecule has 0 radical (unpaired) electrons. The number of nitrogens with one attached hydrogen (secondary N) is 3. The van der Waals surface area contributed by atoms with Crippen molar-refractivity contribution in [1.82, 2.24) is 16.0 Å². The first-order valence-corrected chi connectivity index (χ1v) is 8.84. The Balaban J connectivity index is 2.00. The van der Waals surface area contributed by atoms with Crippen LogP contribution in [0.5, 0.6) is 0 Å². The van der Waals surface area contributed by atoms with Gasteiger partial charge in [0, 0.05) is 32.7 Å². The third-order valence-electron chi connectivity index (χ3n) is 3.61. The van der Waals surface area contributed by atoms with Crippen molar-refractivity contribution in [3.05, 3.63) is 0 Å². The van der Waals surface area contributed by atoms with Gasteiger partial charge in [-0.1, -0.05) is 0 Å². The third kappa shape index (κ3) is 11.4. The number of hydrogen-bond acceptors (Lipinski definition) is 5. The number of hydrogen-bond donors (Lipinski definition) is 3. The Morgan fingerprint density at radius 2 is 1.60 bits per heavy atom. The predicted molar refractivity (Wildman–Crippen MR) is 93.0 cm³/mol. The number of carbonyl (C=O) groups excluding carboxylic acids is 3. The second-order valence-corrected chi connectivity index (χ2v) is 7.17. The first-order valence-electron chi connectivity index (χ1n) is 8.84. The smallest absolute Gasteiger partial charge is 0.408 e. The second kappa shape index (κ2) is 10.9. The number of alkyl carbamates (subject to hydrolysis) is 1. The van der Waals surface area contributed by atoms with E-state index in [0.29, 0.717) is 31.8 Å². The number of rotatable bonds is 8. The standard InChI is InChI=1S/C17H31N3O5/c1-17(2,3)25-16(23)20-12-15(22)19-8-4-7-18-14(21)11-13-5-9-24-10-6-13/h13H,4-12H2,1-3H3,(H,18,21)(H,19,22)(H,20,23). The van der Waals surface area contributed by atoms with Crippen LogP contribution in [0.3, 0.4) is 0 Å². The SMILES string of the molecule is CC(C)(C)OC(=O)NCC(=O)NCCCNC(=O)CC1CCOCC1. The molecular weight excluding hydrogens is 326 g/mol. The van der Waals surface area contributed by atoms with E-state index < -0.39 is 11.7 Å². The van der Waals surface area contributed by atoms with Crippen LogP contribution in [0.1, 0.15) is 46.5 Å². The van der Waals surface area contributed by atoms with Crippen LogP contribution in [0.4, 0.5) is 4.79 Å². The minimum absolute atomic E-state index is 0.0461. The van der Waals surface area contributed by atoms with Crippen molar-refractivity contribution in [3.63, 3.8) is 0 Å². The summed E-state index contributed by atoms with van der Waals surface area (Å²) in [7, 11) is 0. The van der Waals surface area contributed by atoms with Gasteiger partial charge >= 0.3 is 6.09 Å². The average molecular weight is 357 g/mol. The van der Waals surface area contributed by atoms with E-state index >= 15 is 0 Å². The average Bonchev–Trinajstić information content (AvgIpc) is 2.52. The zero-order valence-corrected chi connectivity index (χ0v) is 15.5. The molecule has 25 heavy (non-hydrogen) atoms. The fraction of sp³-hybridized carbons (Fsp3) is 0.824. The van der Waals surface area contributed by atoms with E-state index in [1.165, 1.54) is 0 Å². The van der Waals surface area contributed by atoms with E-state index in [1.807, 2.05) is 0 Å². The van der Waals surface area contributed by atoms with Gasteiger partial charge in [-0.2, -0.15) is 0 Å². The van der Waals surface area contributed by atoms with Crippen LogP contribution in [0.15, 0.2) is 0 Å². The molecule has 1 aliphatic heterocycles. The maximum atomic E-state index is 11.8. The van der Waals surface area contributed by atoms with Gasteiger partial charge in [-0.15, -0.1) is 0 Å². The molecule has 8 nitrogen and oxygen atoms in total. The largest absolute Gasteiger partial charge is 0.444 e. The highest BCUT2D eigenvalue weighted by Crippen LogP contribution is 2.17. The first-order chi connectivity index (χ1) is 11.8. The van der Waals surface area contributed by atoms with E-state index in [2.05, 4.69) is 16.0 Å². The molecule has 1 fully saturated rings. The number of carbonyl (C=O) groups is 3. The van der Waals surface area contributed by atoms with Crippen LogP contribution >= 0.6 is 0 Å². The Labute approximate surface area is 149 Å². The lowest BCUT2D eigenvalue weighted by Gasteiger charge is -2.21. The van der Waals surface area contributed by atoms with Gasteiger partial charge in [0.05, 0.1) is 6.54 Å². The van der Waals surface area contributed by atoms with Crippen LogP contribution in [0, 0.1) is 5.92 Å². The monoisotopic (exact) mass is 357 g/mol. The Hall–Kier alpha value is -1.83. The van der Waals surface area contributed by atoms with Gasteiger partial charge < -0.3 is 25.4 Å². The van der Waals surface area contributed by atoms with E-state index in [-0.39, 0.29) is 18.4 Å². The fourth-order valence-corrected chi connectivity index (χ4v) is 2.36. The Kier molecular flexibility index (Phi) is 9.26. The summed E-state index contributed by atoms with van der Waals surface area (Å²) < 4.78 is 10.3. The topological polar surface area (TPSA) is 106 Å². The zero-order valence-electron chi connectivity index (χ0n) is 15.5. The minimum Gasteiger partial charge on any atom is -0.444 e. The van der Waals surface area contributed by atoms with Gasteiger partial charge in [0.15, 0.2) is 0 Å². The molecule has 1 heterocycles. The molecule has 0 aromatic rings. The van der Waals surface area contributed by atoms with E-state index in [0.717, 1.165) is 26.1 Å². The predicted octanol–water partition coefficient (Wildman–Crippen LogP) is 0.950. The molecule has 0 saturated carbocycles. The molecule has 0 bridgehead atoms. The summed E-state index contributed by atoms with van der Waals surface area (Å²) >= 11 is 0. The van der Waals surface area contributed by atoms with Crippen molar-refractivity contribution in [2.75, 3.05) is 32.8 Å². The van der Waals surface area contributed by atoms with E-state index in [4.69, 9.17) is 9.47 Å². The summed E-state index contributed by atoms with van der Waals surface area (Å²) in [6.07, 6.45) is 2.43. The summed E-state index contributed by atoms with van der Waals surface area (Å²) in [5, 5.41) is 7.93. The Morgan fingerprint density at radius 1 is 1.00 bits per heavy atom. The molecule has 0 spiro atoms. The molecule has 1 saturated heterocycles. The van der Waals surface area contributed by atoms with Crippen LogP contribution < -0.4 is 16.0 Å². The van der Waals surface area contributed by atoms with Gasteiger partial charge in [0.25, 0.3) is 0 Å². The lowest BCUT2D eigenvalue weighted by Crippen LogP contribution is -2.40. The summed E-state index contributed by atoms with van der Waals surface area (Å²) in [5.74, 6) is 0.164. The Bertz CT molecular complexity index is 442. The van der Waals surface area contributed by atoms with Gasteiger partial charge in [-0.25, -0.2) is 4.79 Å². The molecule has 3 N–H and O–H groups in total. The van der Waals surface area contributed by atoms with Crippen molar-refractivity contribution in [2.45, 2.75) is 52.1 Å². The van der Waals surface area contributed by atoms with Crippen molar-refractivity contribution >= 4 is 17.9 Å². The molecular formula is C17H31N3O5. The highest BCUT2D eigenvalue weighted by molar-refractivity contribution is 5.82. The van der Waals surface area contributed by atoms with Crippen LogP contribution in [0.2, 0.25) is 0 Å². The summed E-state index contributed by atoms with van der Waals surface area (Å²) in [6, 6.07) is 0. The van der Waals surface area contributed by atoms with Crippen molar-refractivity contribution in [3.8, 4) is 0 Å². The van der Waals surface area contributed by atoms with Gasteiger partial charge in [-0.05, 0) is 46.0 Å². The maximum Gasteiger partial charge on any atom is 0.408 e. The molecule has 0 unspecified atom stereocenters. The molecule has 0 atom stereocenters. The highest BCUT2D eigenvalue weighted by Gasteiger charge is 2.17. The van der Waals surface area contributed by atoms with E-state index in [1.54, 1.807) is 20.8 Å². The number of amides is 3. The quantitative estimate of drug-likeness (QED) is 0.561. The highest BCUT2D eigenvalue weighted by atomic mass is 16.6. The molecule has 0 aromatic carbocycles. The van der Waals surface area contributed by atoms with Gasteiger partial charge in [-0.3, -0.25) is 9.59 Å². The van der Waals surface area contributed by atoms with Gasteiger partial charge in [0.2, 0.25) is 11.8 Å². The lowest BCUT2D eigenvalue weighted by atomic mass is 9.96. The van der Waals surface area contributed by atoms with Crippen LogP contribution in [0.25, 0.3) is 0 Å². The molecule has 3 amide bonds. The second-order valence-electron chi connectivity index (χ2n) is 7.17. The van der Waals surface area contributed by atoms with E-state index in [9.17, 15) is 14.4 Å². The maximum absolute atomic E-state index is 11.8. The normalized spacial score (nSPS) is 15.3. The summed E-state index contributed by atoms with van der Waals surface area (Å²) in [6.45, 7) is 7.55. The number of ether oxygens (including phenoxy) is 2. The van der Waals surface area contributed by atoms with Crippen LogP contribution in [-0.2, 0) is 19.1 Å².